The molecular formula is C29H32N4O3. The third-order valence-corrected chi connectivity index (χ3v) is 7.31. The molecule has 2 heterocycles. The van der Waals surface area contributed by atoms with E-state index in [1.165, 1.54) is 10.6 Å². The number of piperazine rings is 1. The highest BCUT2D eigenvalue weighted by Crippen LogP contribution is 2.30. The number of likely N-dealkylation sites (N-methyl/N-ethyl adjacent to an activating group) is 1. The molecule has 7 nitrogen and oxygen atoms in total. The van der Waals surface area contributed by atoms with Gasteiger partial charge in [0.1, 0.15) is 0 Å². The van der Waals surface area contributed by atoms with Crippen LogP contribution in [0.1, 0.15) is 46.0 Å². The van der Waals surface area contributed by atoms with Crippen LogP contribution in [0.2, 0.25) is 0 Å². The van der Waals surface area contributed by atoms with Crippen LogP contribution in [0.3, 0.4) is 0 Å². The second-order valence-electron chi connectivity index (χ2n) is 9.54. The number of benzene rings is 3. The van der Waals surface area contributed by atoms with E-state index in [2.05, 4.69) is 34.2 Å². The first-order valence-corrected chi connectivity index (χ1v) is 12.7. The highest BCUT2D eigenvalue weighted by molar-refractivity contribution is 6.25. The molecular weight excluding hydrogens is 452 g/mol. The fourth-order valence-electron chi connectivity index (χ4n) is 5.20. The summed E-state index contributed by atoms with van der Waals surface area (Å²) < 4.78 is 0. The molecule has 3 amide bonds. The molecule has 0 radical (unpaired) electrons. The van der Waals surface area contributed by atoms with Gasteiger partial charge in [-0.2, -0.15) is 0 Å². The highest BCUT2D eigenvalue weighted by Gasteiger charge is 2.32. The van der Waals surface area contributed by atoms with Gasteiger partial charge in [-0.05, 0) is 61.2 Å². The summed E-state index contributed by atoms with van der Waals surface area (Å²) in [7, 11) is 0. The largest absolute Gasteiger partial charge is 0.369 e. The SMILES string of the molecule is CCN1CCN(c2ccc(NC(=O)CCCN3C(=O)c4cccc5cccc(c45)C3=O)c(C)c2)CC1. The van der Waals surface area contributed by atoms with Gasteiger partial charge in [0, 0.05) is 67.0 Å². The summed E-state index contributed by atoms with van der Waals surface area (Å²) in [6, 6.07) is 17.2. The molecule has 0 atom stereocenters. The van der Waals surface area contributed by atoms with Gasteiger partial charge in [0.05, 0.1) is 0 Å². The van der Waals surface area contributed by atoms with E-state index in [4.69, 9.17) is 0 Å². The molecule has 0 aromatic heterocycles. The number of hydrogen-bond donors (Lipinski definition) is 1. The molecule has 1 N–H and O–H groups in total. The van der Waals surface area contributed by atoms with E-state index in [1.807, 2.05) is 37.3 Å². The van der Waals surface area contributed by atoms with Crippen LogP contribution < -0.4 is 10.2 Å². The molecule has 1 saturated heterocycles. The summed E-state index contributed by atoms with van der Waals surface area (Å²) in [6.45, 7) is 9.63. The monoisotopic (exact) mass is 484 g/mol. The molecule has 0 unspecified atom stereocenters. The normalized spacial score (nSPS) is 16.1. The molecule has 3 aromatic carbocycles. The predicted molar refractivity (Wildman–Crippen MR) is 143 cm³/mol. The van der Waals surface area contributed by atoms with Crippen LogP contribution in [0.25, 0.3) is 10.8 Å². The Morgan fingerprint density at radius 1 is 0.917 bits per heavy atom. The molecule has 0 saturated carbocycles. The molecule has 186 valence electrons. The molecule has 0 spiro atoms. The smallest absolute Gasteiger partial charge is 0.261 e. The van der Waals surface area contributed by atoms with Crippen molar-refractivity contribution in [2.45, 2.75) is 26.7 Å². The van der Waals surface area contributed by atoms with E-state index in [9.17, 15) is 14.4 Å². The van der Waals surface area contributed by atoms with Crippen LogP contribution in [0.5, 0.6) is 0 Å². The van der Waals surface area contributed by atoms with Crippen molar-refractivity contribution in [1.82, 2.24) is 9.80 Å². The van der Waals surface area contributed by atoms with Crippen molar-refractivity contribution >= 4 is 39.9 Å². The van der Waals surface area contributed by atoms with Crippen molar-refractivity contribution in [2.75, 3.05) is 49.5 Å². The second kappa shape index (κ2) is 10.1. The number of aryl methyl sites for hydroxylation is 1. The number of carbonyl (C=O) groups excluding carboxylic acids is 3. The van der Waals surface area contributed by atoms with Crippen molar-refractivity contribution in [3.05, 3.63) is 71.3 Å². The molecule has 0 bridgehead atoms. The van der Waals surface area contributed by atoms with Gasteiger partial charge in [0.15, 0.2) is 0 Å². The number of carbonyl (C=O) groups is 3. The Bertz CT molecular complexity index is 1280. The summed E-state index contributed by atoms with van der Waals surface area (Å²) in [5, 5.41) is 4.60. The number of nitrogens with zero attached hydrogens (tertiary/aromatic N) is 3. The number of anilines is 2. The zero-order chi connectivity index (χ0) is 25.2. The minimum absolute atomic E-state index is 0.123. The Kier molecular flexibility index (Phi) is 6.74. The first-order valence-electron chi connectivity index (χ1n) is 12.7. The van der Waals surface area contributed by atoms with E-state index in [0.717, 1.165) is 54.7 Å². The van der Waals surface area contributed by atoms with Crippen LogP contribution in [-0.2, 0) is 4.79 Å². The molecule has 5 rings (SSSR count). The Morgan fingerprint density at radius 3 is 2.19 bits per heavy atom. The third kappa shape index (κ3) is 4.58. The number of nitrogens with one attached hydrogen (secondary N) is 1. The van der Waals surface area contributed by atoms with Crippen molar-refractivity contribution in [2.24, 2.45) is 0 Å². The van der Waals surface area contributed by atoms with Gasteiger partial charge in [-0.15, -0.1) is 0 Å². The Morgan fingerprint density at radius 2 is 1.58 bits per heavy atom. The summed E-state index contributed by atoms with van der Waals surface area (Å²) in [5.74, 6) is -0.714. The summed E-state index contributed by atoms with van der Waals surface area (Å²) >= 11 is 0. The fraction of sp³-hybridized carbons (Fsp3) is 0.345. The van der Waals surface area contributed by atoms with Gasteiger partial charge in [0.25, 0.3) is 11.8 Å². The van der Waals surface area contributed by atoms with Crippen LogP contribution >= 0.6 is 0 Å². The van der Waals surface area contributed by atoms with Crippen molar-refractivity contribution in [3.8, 4) is 0 Å². The minimum Gasteiger partial charge on any atom is -0.369 e. The maximum Gasteiger partial charge on any atom is 0.261 e. The Labute approximate surface area is 211 Å². The average molecular weight is 485 g/mol. The van der Waals surface area contributed by atoms with Gasteiger partial charge >= 0.3 is 0 Å². The van der Waals surface area contributed by atoms with Gasteiger partial charge < -0.3 is 15.1 Å². The van der Waals surface area contributed by atoms with E-state index < -0.39 is 0 Å². The molecule has 2 aliphatic heterocycles. The van der Waals surface area contributed by atoms with E-state index in [0.29, 0.717) is 17.5 Å². The summed E-state index contributed by atoms with van der Waals surface area (Å²) in [6.07, 6.45) is 0.628. The van der Waals surface area contributed by atoms with Gasteiger partial charge in [-0.3, -0.25) is 19.3 Å². The maximum absolute atomic E-state index is 13.0. The van der Waals surface area contributed by atoms with Crippen LogP contribution in [0.15, 0.2) is 54.6 Å². The zero-order valence-electron chi connectivity index (χ0n) is 20.9. The summed E-state index contributed by atoms with van der Waals surface area (Å²) in [4.78, 5) is 44.8. The zero-order valence-corrected chi connectivity index (χ0v) is 20.9. The lowest BCUT2D eigenvalue weighted by Crippen LogP contribution is -2.46. The molecule has 3 aromatic rings. The molecule has 36 heavy (non-hydrogen) atoms. The number of imide groups is 1. The lowest BCUT2D eigenvalue weighted by Gasteiger charge is -2.35. The Hall–Kier alpha value is -3.71. The van der Waals surface area contributed by atoms with Crippen molar-refractivity contribution in [1.29, 1.82) is 0 Å². The first-order chi connectivity index (χ1) is 17.5. The molecule has 0 aliphatic carbocycles. The second-order valence-corrected chi connectivity index (χ2v) is 9.54. The molecule has 7 heteroatoms. The molecule has 2 aliphatic rings. The van der Waals surface area contributed by atoms with E-state index in [1.54, 1.807) is 12.1 Å². The maximum atomic E-state index is 13.0. The number of amides is 3. The standard InChI is InChI=1S/C29H32N4O3/c1-3-31-15-17-32(18-16-31)22-12-13-25(20(2)19-22)30-26(34)11-6-14-33-28(35)23-9-4-7-21-8-5-10-24(27(21)23)29(33)36/h4-5,7-10,12-13,19H,3,6,11,14-18H2,1-2H3,(H,30,34). The van der Waals surface area contributed by atoms with Gasteiger partial charge in [-0.25, -0.2) is 0 Å². The third-order valence-electron chi connectivity index (χ3n) is 7.31. The first kappa shape index (κ1) is 24.0. The van der Waals surface area contributed by atoms with Crippen LogP contribution in [0, 0.1) is 6.92 Å². The van der Waals surface area contributed by atoms with Crippen molar-refractivity contribution < 1.29 is 14.4 Å². The summed E-state index contributed by atoms with van der Waals surface area (Å²) in [5.41, 5.74) is 4.07. The van der Waals surface area contributed by atoms with E-state index in [-0.39, 0.29) is 30.7 Å². The predicted octanol–water partition coefficient (Wildman–Crippen LogP) is 4.31. The quantitative estimate of drug-likeness (QED) is 0.506. The van der Waals surface area contributed by atoms with Crippen LogP contribution in [0.4, 0.5) is 11.4 Å². The topological polar surface area (TPSA) is 73.0 Å². The van der Waals surface area contributed by atoms with Gasteiger partial charge in [-0.1, -0.05) is 31.2 Å². The van der Waals surface area contributed by atoms with Gasteiger partial charge in [0.2, 0.25) is 5.91 Å². The fourth-order valence-corrected chi connectivity index (χ4v) is 5.20. The lowest BCUT2D eigenvalue weighted by atomic mass is 9.94. The lowest BCUT2D eigenvalue weighted by molar-refractivity contribution is -0.116. The average Bonchev–Trinajstić information content (AvgIpc) is 2.90. The molecule has 1 fully saturated rings. The minimum atomic E-state index is -0.295. The van der Waals surface area contributed by atoms with Crippen LogP contribution in [-0.4, -0.2) is 66.8 Å². The number of rotatable bonds is 7. The van der Waals surface area contributed by atoms with Crippen molar-refractivity contribution in [3.63, 3.8) is 0 Å². The van der Waals surface area contributed by atoms with E-state index >= 15 is 0 Å². The Balaban J connectivity index is 1.17. The number of hydrogen-bond acceptors (Lipinski definition) is 5. The highest BCUT2D eigenvalue weighted by atomic mass is 16.2.